The topological polar surface area (TPSA) is 36.9 Å². The van der Waals surface area contributed by atoms with E-state index in [0.29, 0.717) is 5.92 Å². The van der Waals surface area contributed by atoms with Crippen LogP contribution in [0.15, 0.2) is 33.7 Å². The van der Waals surface area contributed by atoms with E-state index in [0.717, 1.165) is 56.1 Å². The molecule has 1 aliphatic heterocycles. The Kier molecular flexibility index (Phi) is 7.89. The number of rotatable bonds is 7. The number of nitrogens with one attached hydrogen (secondary N) is 1. The van der Waals surface area contributed by atoms with Gasteiger partial charge in [0.15, 0.2) is 5.96 Å². The second kappa shape index (κ2) is 9.93. The molecule has 5 heteroatoms. The summed E-state index contributed by atoms with van der Waals surface area (Å²) in [5.41, 5.74) is 1.37. The number of nitrogens with zero attached hydrogens (tertiary/aromatic N) is 2. The van der Waals surface area contributed by atoms with Crippen molar-refractivity contribution in [3.8, 4) is 0 Å². The molecule has 1 aromatic carbocycles. The molecular weight excluding hydrogens is 354 g/mol. The molecule has 0 saturated carbocycles. The molecule has 1 N–H and O–H groups in total. The van der Waals surface area contributed by atoms with Crippen molar-refractivity contribution in [2.24, 2.45) is 10.9 Å². The first-order valence-electron chi connectivity index (χ1n) is 8.50. The third-order valence-electron chi connectivity index (χ3n) is 4.17. The van der Waals surface area contributed by atoms with Crippen LogP contribution in [0.3, 0.4) is 0 Å². The first kappa shape index (κ1) is 18.3. The first-order chi connectivity index (χ1) is 11.2. The normalized spacial score (nSPS) is 18.5. The summed E-state index contributed by atoms with van der Waals surface area (Å²) in [5, 5.41) is 3.50. The number of hydrogen-bond donors (Lipinski definition) is 1. The zero-order valence-corrected chi connectivity index (χ0v) is 15.8. The van der Waals surface area contributed by atoms with Crippen LogP contribution in [0.25, 0.3) is 0 Å². The number of aryl methyl sites for hydroxylation is 1. The van der Waals surface area contributed by atoms with Gasteiger partial charge in [-0.2, -0.15) is 0 Å². The van der Waals surface area contributed by atoms with Gasteiger partial charge >= 0.3 is 0 Å². The van der Waals surface area contributed by atoms with E-state index in [9.17, 15) is 0 Å². The van der Waals surface area contributed by atoms with Crippen molar-refractivity contribution in [3.05, 3.63) is 34.3 Å². The van der Waals surface area contributed by atoms with Gasteiger partial charge in [0.2, 0.25) is 0 Å². The second-order valence-corrected chi connectivity index (χ2v) is 6.88. The van der Waals surface area contributed by atoms with Gasteiger partial charge in [-0.05, 0) is 43.9 Å². The van der Waals surface area contributed by atoms with Gasteiger partial charge in [-0.25, -0.2) is 0 Å². The summed E-state index contributed by atoms with van der Waals surface area (Å²) in [4.78, 5) is 6.78. The van der Waals surface area contributed by atoms with Crippen LogP contribution in [-0.2, 0) is 11.2 Å². The van der Waals surface area contributed by atoms with Gasteiger partial charge in [0.05, 0.1) is 6.61 Å². The maximum absolute atomic E-state index is 5.55. The number of halogens is 1. The lowest BCUT2D eigenvalue weighted by Gasteiger charge is -2.21. The molecule has 0 amide bonds. The number of aliphatic imine (C=N–C) groups is 1. The molecule has 1 aromatic rings. The molecule has 0 radical (unpaired) electrons. The third-order valence-corrected chi connectivity index (χ3v) is 4.66. The molecule has 128 valence electrons. The minimum atomic E-state index is 0.634. The lowest BCUT2D eigenvalue weighted by atomic mass is 10.1. The minimum Gasteiger partial charge on any atom is -0.381 e. The highest BCUT2D eigenvalue weighted by molar-refractivity contribution is 9.10. The maximum atomic E-state index is 5.55. The minimum absolute atomic E-state index is 0.634. The van der Waals surface area contributed by atoms with Crippen LogP contribution in [0.2, 0.25) is 0 Å². The van der Waals surface area contributed by atoms with Crippen molar-refractivity contribution >= 4 is 21.9 Å². The van der Waals surface area contributed by atoms with Crippen molar-refractivity contribution < 1.29 is 4.74 Å². The molecule has 1 fully saturated rings. The van der Waals surface area contributed by atoms with Gasteiger partial charge < -0.3 is 15.0 Å². The molecule has 0 spiro atoms. The molecule has 1 heterocycles. The maximum Gasteiger partial charge on any atom is 0.193 e. The zero-order chi connectivity index (χ0) is 16.5. The Hall–Kier alpha value is -1.07. The molecule has 0 aliphatic carbocycles. The molecular formula is C18H28BrN3O. The average Bonchev–Trinajstić information content (AvgIpc) is 3.02. The van der Waals surface area contributed by atoms with Crippen LogP contribution >= 0.6 is 15.9 Å². The van der Waals surface area contributed by atoms with E-state index in [1.54, 1.807) is 0 Å². The Morgan fingerprint density at radius 3 is 3.09 bits per heavy atom. The smallest absolute Gasteiger partial charge is 0.193 e. The largest absolute Gasteiger partial charge is 0.381 e. The van der Waals surface area contributed by atoms with Crippen molar-refractivity contribution in [1.29, 1.82) is 0 Å². The highest BCUT2D eigenvalue weighted by atomic mass is 79.9. The first-order valence-corrected chi connectivity index (χ1v) is 9.30. The van der Waals surface area contributed by atoms with Crippen molar-refractivity contribution in [3.63, 3.8) is 0 Å². The molecule has 2 rings (SSSR count). The molecule has 1 atom stereocenters. The average molecular weight is 382 g/mol. The fourth-order valence-corrected chi connectivity index (χ4v) is 3.41. The summed E-state index contributed by atoms with van der Waals surface area (Å²) in [6, 6.07) is 8.52. The number of likely N-dealkylation sites (tertiary alicyclic amines) is 1. The van der Waals surface area contributed by atoms with Crippen LogP contribution < -0.4 is 5.32 Å². The summed E-state index contributed by atoms with van der Waals surface area (Å²) in [5.74, 6) is 1.66. The Labute approximate surface area is 148 Å². The van der Waals surface area contributed by atoms with Gasteiger partial charge in [0.25, 0.3) is 0 Å². The predicted molar refractivity (Wildman–Crippen MR) is 100.0 cm³/mol. The monoisotopic (exact) mass is 381 g/mol. The van der Waals surface area contributed by atoms with Gasteiger partial charge in [-0.15, -0.1) is 0 Å². The Morgan fingerprint density at radius 2 is 2.35 bits per heavy atom. The number of guanidine groups is 1. The lowest BCUT2D eigenvalue weighted by Crippen LogP contribution is -2.40. The van der Waals surface area contributed by atoms with Gasteiger partial charge in [0, 0.05) is 43.7 Å². The van der Waals surface area contributed by atoms with Crippen LogP contribution in [0.5, 0.6) is 0 Å². The molecule has 0 bridgehead atoms. The molecule has 1 saturated heterocycles. The number of benzene rings is 1. The van der Waals surface area contributed by atoms with E-state index in [1.807, 2.05) is 7.05 Å². The van der Waals surface area contributed by atoms with E-state index in [2.05, 4.69) is 62.3 Å². The fraction of sp³-hybridized carbons (Fsp3) is 0.611. The van der Waals surface area contributed by atoms with E-state index in [4.69, 9.17) is 4.74 Å². The van der Waals surface area contributed by atoms with Crippen molar-refractivity contribution in [1.82, 2.24) is 10.2 Å². The van der Waals surface area contributed by atoms with Crippen LogP contribution in [0, 0.1) is 5.92 Å². The number of hydrogen-bond acceptors (Lipinski definition) is 2. The Balaban J connectivity index is 1.69. The van der Waals surface area contributed by atoms with E-state index < -0.39 is 0 Å². The summed E-state index contributed by atoms with van der Waals surface area (Å²) in [6.07, 6.45) is 3.38. The molecule has 1 aliphatic rings. The molecule has 4 nitrogen and oxygen atoms in total. The summed E-state index contributed by atoms with van der Waals surface area (Å²) < 4.78 is 6.69. The second-order valence-electron chi connectivity index (χ2n) is 5.97. The van der Waals surface area contributed by atoms with Gasteiger partial charge in [0.1, 0.15) is 0 Å². The van der Waals surface area contributed by atoms with Gasteiger partial charge in [-0.1, -0.05) is 28.1 Å². The van der Waals surface area contributed by atoms with Crippen molar-refractivity contribution in [2.75, 3.05) is 39.9 Å². The quantitative estimate of drug-likeness (QED) is 0.447. The van der Waals surface area contributed by atoms with Crippen LogP contribution in [-0.4, -0.2) is 50.8 Å². The third kappa shape index (κ3) is 6.15. The van der Waals surface area contributed by atoms with E-state index >= 15 is 0 Å². The lowest BCUT2D eigenvalue weighted by molar-refractivity contribution is 0.114. The van der Waals surface area contributed by atoms with Crippen LogP contribution in [0.4, 0.5) is 0 Å². The summed E-state index contributed by atoms with van der Waals surface area (Å²) >= 11 is 3.52. The number of ether oxygens (including phenoxy) is 1. The van der Waals surface area contributed by atoms with E-state index in [1.165, 1.54) is 12.0 Å². The molecule has 0 aromatic heterocycles. The Bertz CT molecular complexity index is 507. The fourth-order valence-electron chi connectivity index (χ4n) is 2.96. The summed E-state index contributed by atoms with van der Waals surface area (Å²) in [6.45, 7) is 6.80. The van der Waals surface area contributed by atoms with Crippen molar-refractivity contribution in [2.45, 2.75) is 26.2 Å². The highest BCUT2D eigenvalue weighted by Gasteiger charge is 2.24. The van der Waals surface area contributed by atoms with Gasteiger partial charge in [-0.3, -0.25) is 4.99 Å². The SMILES string of the molecule is CCOCC1CCN(C(=NC)NCCCc2cccc(Br)c2)C1. The summed E-state index contributed by atoms with van der Waals surface area (Å²) in [7, 11) is 1.87. The standard InChI is InChI=1S/C18H28BrN3O/c1-3-23-14-16-9-11-22(13-16)18(20-2)21-10-5-7-15-6-4-8-17(19)12-15/h4,6,8,12,16H,3,5,7,9-11,13-14H2,1-2H3,(H,20,21). The predicted octanol–water partition coefficient (Wildman–Crippen LogP) is 3.32. The van der Waals surface area contributed by atoms with Crippen LogP contribution in [0.1, 0.15) is 25.3 Å². The molecule has 23 heavy (non-hydrogen) atoms. The Morgan fingerprint density at radius 1 is 1.48 bits per heavy atom. The zero-order valence-electron chi connectivity index (χ0n) is 14.2. The van der Waals surface area contributed by atoms with E-state index in [-0.39, 0.29) is 0 Å². The highest BCUT2D eigenvalue weighted by Crippen LogP contribution is 2.16. The molecule has 1 unspecified atom stereocenters.